The second-order valence-corrected chi connectivity index (χ2v) is 8.90. The molecule has 2 heterocycles. The van der Waals surface area contributed by atoms with Crippen molar-refractivity contribution in [3.05, 3.63) is 65.5 Å². The third kappa shape index (κ3) is 4.99. The first-order chi connectivity index (χ1) is 14.8. The van der Waals surface area contributed by atoms with Gasteiger partial charge in [0.15, 0.2) is 0 Å². The van der Waals surface area contributed by atoms with E-state index in [4.69, 9.17) is 0 Å². The number of carbonyl (C=O) groups excluding carboxylic acids is 1. The summed E-state index contributed by atoms with van der Waals surface area (Å²) in [5.41, 5.74) is 5.75. The van der Waals surface area contributed by atoms with Crippen LogP contribution in [0.4, 0.5) is 23.3 Å². The highest BCUT2D eigenvalue weighted by atomic mass is 16.1. The summed E-state index contributed by atoms with van der Waals surface area (Å²) >= 11 is 0. The van der Waals surface area contributed by atoms with Gasteiger partial charge >= 0.3 is 0 Å². The van der Waals surface area contributed by atoms with E-state index in [-0.39, 0.29) is 11.3 Å². The zero-order valence-electron chi connectivity index (χ0n) is 18.4. The van der Waals surface area contributed by atoms with Crippen LogP contribution in [0.25, 0.3) is 0 Å². The van der Waals surface area contributed by atoms with Crippen LogP contribution in [0.2, 0.25) is 0 Å². The lowest BCUT2D eigenvalue weighted by molar-refractivity contribution is -0.114. The van der Waals surface area contributed by atoms with Crippen molar-refractivity contribution in [3.63, 3.8) is 0 Å². The van der Waals surface area contributed by atoms with Crippen LogP contribution < -0.4 is 15.5 Å². The summed E-state index contributed by atoms with van der Waals surface area (Å²) in [4.78, 5) is 26.7. The first-order valence-electron chi connectivity index (χ1n) is 10.5. The van der Waals surface area contributed by atoms with Gasteiger partial charge in [0.2, 0.25) is 17.8 Å². The monoisotopic (exact) mass is 416 g/mol. The zero-order valence-corrected chi connectivity index (χ0v) is 18.4. The van der Waals surface area contributed by atoms with Gasteiger partial charge in [-0.3, -0.25) is 4.79 Å². The van der Waals surface area contributed by atoms with E-state index in [0.717, 1.165) is 25.2 Å². The molecule has 0 saturated heterocycles. The van der Waals surface area contributed by atoms with Gasteiger partial charge in [0.1, 0.15) is 6.33 Å². The number of rotatable bonds is 4. The number of benzene rings is 2. The topological polar surface area (TPSA) is 83.0 Å². The van der Waals surface area contributed by atoms with Crippen molar-refractivity contribution in [2.45, 2.75) is 46.1 Å². The molecule has 0 fully saturated rings. The molecule has 2 N–H and O–H groups in total. The minimum absolute atomic E-state index is 0.111. The van der Waals surface area contributed by atoms with Gasteiger partial charge < -0.3 is 15.5 Å². The van der Waals surface area contributed by atoms with Crippen LogP contribution in [0.1, 0.15) is 44.4 Å². The Morgan fingerprint density at radius 3 is 2.61 bits per heavy atom. The number of nitrogens with zero attached hydrogens (tertiary/aromatic N) is 4. The van der Waals surface area contributed by atoms with Crippen molar-refractivity contribution in [1.29, 1.82) is 0 Å². The van der Waals surface area contributed by atoms with Gasteiger partial charge in [-0.1, -0.05) is 45.0 Å². The SMILES string of the molecule is CC(=O)Nc1cccc(Nc2ncnc(N3CCc4cc(C(C)(C)C)ccc4C3)n2)c1. The van der Waals surface area contributed by atoms with Crippen molar-refractivity contribution in [3.8, 4) is 0 Å². The Labute approximate surface area is 183 Å². The van der Waals surface area contributed by atoms with Crippen LogP contribution in [-0.4, -0.2) is 27.4 Å². The van der Waals surface area contributed by atoms with Gasteiger partial charge in [0, 0.05) is 31.4 Å². The van der Waals surface area contributed by atoms with E-state index in [1.807, 2.05) is 24.3 Å². The van der Waals surface area contributed by atoms with E-state index in [9.17, 15) is 4.79 Å². The summed E-state index contributed by atoms with van der Waals surface area (Å²) in [5.74, 6) is 1.01. The maximum atomic E-state index is 11.3. The van der Waals surface area contributed by atoms with E-state index >= 15 is 0 Å². The van der Waals surface area contributed by atoms with Crippen LogP contribution in [0.5, 0.6) is 0 Å². The molecule has 7 nitrogen and oxygen atoms in total. The van der Waals surface area contributed by atoms with Crippen molar-refractivity contribution in [1.82, 2.24) is 15.0 Å². The molecule has 4 rings (SSSR count). The minimum Gasteiger partial charge on any atom is -0.336 e. The van der Waals surface area contributed by atoms with Crippen molar-refractivity contribution in [2.24, 2.45) is 0 Å². The first-order valence-corrected chi connectivity index (χ1v) is 10.5. The average molecular weight is 417 g/mol. The smallest absolute Gasteiger partial charge is 0.232 e. The molecule has 1 amide bonds. The Kier molecular flexibility index (Phi) is 5.59. The summed E-state index contributed by atoms with van der Waals surface area (Å²) < 4.78 is 0. The summed E-state index contributed by atoms with van der Waals surface area (Å²) in [6, 6.07) is 14.2. The average Bonchev–Trinajstić information content (AvgIpc) is 2.72. The number of hydrogen-bond donors (Lipinski definition) is 2. The second-order valence-electron chi connectivity index (χ2n) is 8.90. The summed E-state index contributed by atoms with van der Waals surface area (Å²) in [6.07, 6.45) is 2.49. The molecular formula is C24H28N6O. The number of fused-ring (bicyclic) bond motifs is 1. The summed E-state index contributed by atoms with van der Waals surface area (Å²) in [7, 11) is 0. The molecule has 0 aliphatic carbocycles. The fraction of sp³-hybridized carbons (Fsp3) is 0.333. The number of nitrogens with one attached hydrogen (secondary N) is 2. The number of hydrogen-bond acceptors (Lipinski definition) is 6. The molecule has 1 aliphatic heterocycles. The molecule has 0 saturated carbocycles. The minimum atomic E-state index is -0.111. The number of amides is 1. The highest BCUT2D eigenvalue weighted by Crippen LogP contribution is 2.29. The number of aromatic nitrogens is 3. The predicted octanol–water partition coefficient (Wildman–Crippen LogP) is 4.43. The molecule has 0 unspecified atom stereocenters. The lowest BCUT2D eigenvalue weighted by atomic mass is 9.84. The molecular weight excluding hydrogens is 388 g/mol. The lowest BCUT2D eigenvalue weighted by Gasteiger charge is -2.30. The number of carbonyl (C=O) groups is 1. The Morgan fingerprint density at radius 1 is 1.03 bits per heavy atom. The van der Waals surface area contributed by atoms with E-state index < -0.39 is 0 Å². The molecule has 0 atom stereocenters. The van der Waals surface area contributed by atoms with E-state index in [1.54, 1.807) is 0 Å². The molecule has 0 spiro atoms. The lowest BCUT2D eigenvalue weighted by Crippen LogP contribution is -2.32. The largest absolute Gasteiger partial charge is 0.336 e. The Hall–Kier alpha value is -3.48. The maximum Gasteiger partial charge on any atom is 0.232 e. The van der Waals surface area contributed by atoms with E-state index in [2.05, 4.69) is 69.5 Å². The zero-order chi connectivity index (χ0) is 22.0. The molecule has 2 aromatic carbocycles. The first kappa shape index (κ1) is 20.8. The molecule has 7 heteroatoms. The van der Waals surface area contributed by atoms with Gasteiger partial charge in [-0.05, 0) is 46.7 Å². The van der Waals surface area contributed by atoms with Crippen LogP contribution in [0.15, 0.2) is 48.8 Å². The highest BCUT2D eigenvalue weighted by Gasteiger charge is 2.22. The van der Waals surface area contributed by atoms with Gasteiger partial charge in [0.05, 0.1) is 0 Å². The summed E-state index contributed by atoms with van der Waals surface area (Å²) in [5, 5.41) is 5.98. The molecule has 3 aromatic rings. The molecule has 31 heavy (non-hydrogen) atoms. The molecule has 1 aromatic heterocycles. The van der Waals surface area contributed by atoms with Gasteiger partial charge in [0.25, 0.3) is 0 Å². The standard InChI is InChI=1S/C24H28N6O/c1-16(31)27-20-6-5-7-21(13-20)28-22-25-15-26-23(29-22)30-11-10-17-12-19(24(2,3)4)9-8-18(17)14-30/h5-9,12-13,15H,10-11,14H2,1-4H3,(H,27,31)(H,25,26,28,29). The third-order valence-electron chi connectivity index (χ3n) is 5.37. The Morgan fingerprint density at radius 2 is 1.84 bits per heavy atom. The van der Waals surface area contributed by atoms with E-state index in [0.29, 0.717) is 17.6 Å². The predicted molar refractivity (Wildman–Crippen MR) is 124 cm³/mol. The van der Waals surface area contributed by atoms with Crippen LogP contribution in [-0.2, 0) is 23.2 Å². The van der Waals surface area contributed by atoms with Crippen molar-refractivity contribution in [2.75, 3.05) is 22.1 Å². The van der Waals surface area contributed by atoms with Gasteiger partial charge in [-0.25, -0.2) is 9.97 Å². The van der Waals surface area contributed by atoms with Crippen LogP contribution in [0.3, 0.4) is 0 Å². The van der Waals surface area contributed by atoms with Gasteiger partial charge in [-0.2, -0.15) is 4.98 Å². The fourth-order valence-electron chi connectivity index (χ4n) is 3.70. The van der Waals surface area contributed by atoms with Gasteiger partial charge in [-0.15, -0.1) is 0 Å². The van der Waals surface area contributed by atoms with Crippen LogP contribution >= 0.6 is 0 Å². The van der Waals surface area contributed by atoms with Crippen molar-refractivity contribution >= 4 is 29.2 Å². The fourth-order valence-corrected chi connectivity index (χ4v) is 3.70. The normalized spacial score (nSPS) is 13.5. The van der Waals surface area contributed by atoms with Crippen molar-refractivity contribution < 1.29 is 4.79 Å². The third-order valence-corrected chi connectivity index (χ3v) is 5.37. The summed E-state index contributed by atoms with van der Waals surface area (Å²) in [6.45, 7) is 9.86. The molecule has 1 aliphatic rings. The number of anilines is 4. The molecule has 160 valence electrons. The molecule has 0 bridgehead atoms. The highest BCUT2D eigenvalue weighted by molar-refractivity contribution is 5.89. The second kappa shape index (κ2) is 8.34. The van der Waals surface area contributed by atoms with Crippen LogP contribution in [0, 0.1) is 0 Å². The Bertz CT molecular complexity index is 1110. The van der Waals surface area contributed by atoms with E-state index in [1.165, 1.54) is 29.9 Å². The Balaban J connectivity index is 1.50. The maximum absolute atomic E-state index is 11.3. The quantitative estimate of drug-likeness (QED) is 0.655. The molecule has 0 radical (unpaired) electrons.